The highest BCUT2D eigenvalue weighted by atomic mass is 32.1. The van der Waals surface area contributed by atoms with Gasteiger partial charge in [-0.2, -0.15) is 0 Å². The van der Waals surface area contributed by atoms with E-state index < -0.39 is 71.0 Å². The first-order valence-electron chi connectivity index (χ1n) is 25.3. The fourth-order valence-corrected chi connectivity index (χ4v) is 12.6. The number of hydrogen-bond donors (Lipinski definition) is 4. The second kappa shape index (κ2) is 20.3. The van der Waals surface area contributed by atoms with Gasteiger partial charge in [-0.3, -0.25) is 19.3 Å². The van der Waals surface area contributed by atoms with Crippen molar-refractivity contribution in [3.63, 3.8) is 0 Å². The molecule has 374 valence electrons. The molecule has 1 aromatic heterocycles. The van der Waals surface area contributed by atoms with Crippen LogP contribution < -0.4 is 20.3 Å². The van der Waals surface area contributed by atoms with Gasteiger partial charge in [-0.15, -0.1) is 0 Å². The zero-order valence-electron chi connectivity index (χ0n) is 40.7. The number of aromatic nitrogens is 1. The number of amides is 4. The Bertz CT molecular complexity index is 3260. The van der Waals surface area contributed by atoms with Gasteiger partial charge in [0.15, 0.2) is 5.13 Å². The largest absolute Gasteiger partial charge is 0.491 e. The standard InChI is InChI=1S/C60H55N5O8S/c1-38(40-18-7-4-8-19-40)61-58(70)64-47-29-28-39(30-33-59(71)31-15-2-3-16-32-59)36-45(47)60(56(64)69)49(54(67)63-57-62-46-26-13-14-27-48(46)74-57)51-55(68)73-52(42-22-11-6-12-23-42)50(41-20-9-5-10-21-41)65(51)53(60)43-24-17-25-44(37-43)72-35-34-66/h4-14,17-29,36-38,49-53,66,71H,2-3,15-16,31-32,34-35H2,1H3,(H,61,70)(H,62,63,67)/t38-,49+,50+,51+,52-,53-,60+/m1/s1. The number of para-hydroxylation sites is 1. The molecule has 6 aromatic carbocycles. The van der Waals surface area contributed by atoms with Crippen LogP contribution in [0.2, 0.25) is 0 Å². The molecule has 1 spiro atoms. The molecule has 13 nitrogen and oxygen atoms in total. The summed E-state index contributed by atoms with van der Waals surface area (Å²) in [5.41, 5.74) is 0.949. The van der Waals surface area contributed by atoms with Crippen LogP contribution in [0, 0.1) is 17.8 Å². The topological polar surface area (TPSA) is 171 Å². The van der Waals surface area contributed by atoms with Gasteiger partial charge in [0.25, 0.3) is 0 Å². The number of nitrogens with one attached hydrogen (secondary N) is 2. The van der Waals surface area contributed by atoms with Crippen molar-refractivity contribution in [2.75, 3.05) is 23.4 Å². The number of urea groups is 1. The van der Waals surface area contributed by atoms with Crippen LogP contribution in [0.25, 0.3) is 10.2 Å². The number of aliphatic hydroxyl groups is 2. The van der Waals surface area contributed by atoms with E-state index in [4.69, 9.17) is 14.5 Å². The summed E-state index contributed by atoms with van der Waals surface area (Å²) in [5, 5.41) is 28.1. The summed E-state index contributed by atoms with van der Waals surface area (Å²) >= 11 is 1.26. The summed E-state index contributed by atoms with van der Waals surface area (Å²) in [6.45, 7) is 1.53. The minimum Gasteiger partial charge on any atom is -0.491 e. The van der Waals surface area contributed by atoms with Crippen molar-refractivity contribution < 1.29 is 38.9 Å². The first-order chi connectivity index (χ1) is 36.1. The van der Waals surface area contributed by atoms with E-state index >= 15 is 19.2 Å². The van der Waals surface area contributed by atoms with Gasteiger partial charge in [-0.1, -0.05) is 151 Å². The molecule has 3 aliphatic heterocycles. The minimum atomic E-state index is -2.10. The third-order valence-corrected chi connectivity index (χ3v) is 16.0. The van der Waals surface area contributed by atoms with Gasteiger partial charge in [0.2, 0.25) is 11.8 Å². The average molecular weight is 1010 g/mol. The molecule has 7 atom stereocenters. The molecular weight excluding hydrogens is 951 g/mol. The molecule has 3 fully saturated rings. The zero-order valence-corrected chi connectivity index (χ0v) is 41.5. The Morgan fingerprint density at radius 3 is 2.20 bits per heavy atom. The number of morpholine rings is 1. The summed E-state index contributed by atoms with van der Waals surface area (Å²) in [5.74, 6) is 3.04. The predicted octanol–water partition coefficient (Wildman–Crippen LogP) is 9.88. The number of esters is 1. The third kappa shape index (κ3) is 8.79. The number of rotatable bonds is 10. The van der Waals surface area contributed by atoms with Crippen molar-refractivity contribution in [3.05, 3.63) is 191 Å². The molecule has 74 heavy (non-hydrogen) atoms. The summed E-state index contributed by atoms with van der Waals surface area (Å²) < 4.78 is 13.5. The van der Waals surface area contributed by atoms with Crippen LogP contribution >= 0.6 is 11.3 Å². The number of ether oxygens (including phenoxy) is 2. The first-order valence-corrected chi connectivity index (χ1v) is 26.1. The molecule has 1 aliphatic carbocycles. The Balaban J connectivity index is 1.19. The van der Waals surface area contributed by atoms with Crippen molar-refractivity contribution in [1.29, 1.82) is 0 Å². The summed E-state index contributed by atoms with van der Waals surface area (Å²) in [6.07, 6.45) is 3.72. The number of cyclic esters (lactones) is 1. The summed E-state index contributed by atoms with van der Waals surface area (Å²) in [6, 6.07) is 43.3. The monoisotopic (exact) mass is 1010 g/mol. The van der Waals surface area contributed by atoms with Gasteiger partial charge in [0.1, 0.15) is 35.5 Å². The highest BCUT2D eigenvalue weighted by Crippen LogP contribution is 2.66. The number of nitrogens with zero attached hydrogens (tertiary/aromatic N) is 3. The molecule has 2 saturated heterocycles. The van der Waals surface area contributed by atoms with Gasteiger partial charge >= 0.3 is 12.0 Å². The molecule has 4 N–H and O–H groups in total. The van der Waals surface area contributed by atoms with Crippen LogP contribution in [0.3, 0.4) is 0 Å². The Morgan fingerprint density at radius 1 is 0.811 bits per heavy atom. The van der Waals surface area contributed by atoms with E-state index in [1.54, 1.807) is 36.4 Å². The second-order valence-corrected chi connectivity index (χ2v) is 20.6. The van der Waals surface area contributed by atoms with Crippen LogP contribution in [-0.4, -0.2) is 68.8 Å². The number of imide groups is 1. The smallest absolute Gasteiger partial charge is 0.329 e. The lowest BCUT2D eigenvalue weighted by molar-refractivity contribution is -0.177. The number of hydrogen-bond acceptors (Lipinski definition) is 11. The summed E-state index contributed by atoms with van der Waals surface area (Å²) in [4.78, 5) is 71.8. The molecule has 1 saturated carbocycles. The molecule has 14 heteroatoms. The van der Waals surface area contributed by atoms with Crippen LogP contribution in [-0.2, 0) is 24.5 Å². The van der Waals surface area contributed by atoms with E-state index in [1.807, 2.05) is 133 Å². The van der Waals surface area contributed by atoms with Crippen molar-refractivity contribution in [2.45, 2.75) is 86.7 Å². The van der Waals surface area contributed by atoms with Gasteiger partial charge < -0.3 is 30.3 Å². The third-order valence-electron chi connectivity index (χ3n) is 15.0. The number of carbonyl (C=O) groups is 4. The fourth-order valence-electron chi connectivity index (χ4n) is 11.7. The van der Waals surface area contributed by atoms with Gasteiger partial charge in [-0.05, 0) is 103 Å². The maximum atomic E-state index is 16.9. The molecular formula is C60H55N5O8S. The quantitative estimate of drug-likeness (QED) is 0.0588. The van der Waals surface area contributed by atoms with Crippen molar-refractivity contribution in [2.24, 2.45) is 5.92 Å². The molecule has 0 bridgehead atoms. The number of benzene rings is 6. The number of carbonyl (C=O) groups excluding carboxylic acids is 4. The van der Waals surface area contributed by atoms with E-state index in [-0.39, 0.29) is 29.6 Å². The van der Waals surface area contributed by atoms with Crippen LogP contribution in [0.15, 0.2) is 158 Å². The lowest BCUT2D eigenvalue weighted by Gasteiger charge is -2.46. The van der Waals surface area contributed by atoms with E-state index in [0.717, 1.165) is 46.4 Å². The van der Waals surface area contributed by atoms with E-state index in [0.29, 0.717) is 40.8 Å². The first kappa shape index (κ1) is 48.6. The van der Waals surface area contributed by atoms with Crippen LogP contribution in [0.1, 0.15) is 103 Å². The van der Waals surface area contributed by atoms with Gasteiger partial charge in [-0.25, -0.2) is 14.7 Å². The molecule has 7 aromatic rings. The second-order valence-electron chi connectivity index (χ2n) is 19.5. The lowest BCUT2D eigenvalue weighted by Crippen LogP contribution is -2.55. The van der Waals surface area contributed by atoms with Gasteiger partial charge in [0, 0.05) is 5.56 Å². The number of aliphatic hydroxyl groups excluding tert-OH is 1. The van der Waals surface area contributed by atoms with Crippen molar-refractivity contribution in [3.8, 4) is 17.6 Å². The highest BCUT2D eigenvalue weighted by Gasteiger charge is 2.75. The average Bonchev–Trinajstić information content (AvgIpc) is 4.07. The van der Waals surface area contributed by atoms with E-state index in [9.17, 15) is 10.2 Å². The van der Waals surface area contributed by atoms with E-state index in [1.165, 1.54) is 11.3 Å². The number of thiazole rings is 1. The molecule has 4 heterocycles. The minimum absolute atomic E-state index is 0.0302. The number of fused-ring (bicyclic) bond motifs is 4. The molecule has 4 amide bonds. The summed E-state index contributed by atoms with van der Waals surface area (Å²) in [7, 11) is 0. The Morgan fingerprint density at radius 2 is 1.49 bits per heavy atom. The predicted molar refractivity (Wildman–Crippen MR) is 282 cm³/mol. The fraction of sp³-hybridized carbons (Fsp3) is 0.283. The Hall–Kier alpha value is -7.67. The van der Waals surface area contributed by atoms with Crippen LogP contribution in [0.4, 0.5) is 15.6 Å². The van der Waals surface area contributed by atoms with E-state index in [2.05, 4.69) is 22.5 Å². The molecule has 0 radical (unpaired) electrons. The van der Waals surface area contributed by atoms with Gasteiger partial charge in [0.05, 0.1) is 46.6 Å². The normalized spacial score (nSPS) is 23.4. The maximum absolute atomic E-state index is 16.9. The lowest BCUT2D eigenvalue weighted by atomic mass is 9.65. The Labute approximate surface area is 433 Å². The van der Waals surface area contributed by atoms with Crippen LogP contribution in [0.5, 0.6) is 5.75 Å². The molecule has 4 aliphatic rings. The van der Waals surface area contributed by atoms with Crippen molar-refractivity contribution >= 4 is 56.2 Å². The van der Waals surface area contributed by atoms with Crippen molar-refractivity contribution in [1.82, 2.24) is 15.2 Å². The highest BCUT2D eigenvalue weighted by molar-refractivity contribution is 7.22. The zero-order chi connectivity index (χ0) is 51.0. The Kier molecular flexibility index (Phi) is 13.3. The maximum Gasteiger partial charge on any atom is 0.329 e. The molecule has 0 unspecified atom stereocenters. The SMILES string of the molecule is C[C@@H](NC(=O)N1C(=O)[C@@]2(c3cc(C#CC4(O)CCCCCC4)ccc31)[C@H](C(=O)Nc1nc3ccccc3s1)[C@H]1C(=O)O[C@H](c3ccccc3)[C@H](c3ccccc3)N1[C@@H]2c1cccc(OCCO)c1)c1ccccc1. The molecule has 11 rings (SSSR count). The number of anilines is 2.